The van der Waals surface area contributed by atoms with E-state index >= 15 is 0 Å². The van der Waals surface area contributed by atoms with E-state index in [9.17, 15) is 4.79 Å². The van der Waals surface area contributed by atoms with Crippen molar-refractivity contribution in [2.24, 2.45) is 0 Å². The van der Waals surface area contributed by atoms with Crippen LogP contribution in [0, 0.1) is 0 Å². The molecular weight excluding hydrogens is 314 g/mol. The Morgan fingerprint density at radius 3 is 3.00 bits per heavy atom. The largest absolute Gasteiger partial charge is 0.368 e. The molecule has 0 bridgehead atoms. The van der Waals surface area contributed by atoms with Crippen LogP contribution >= 0.6 is 11.6 Å². The molecule has 23 heavy (non-hydrogen) atoms. The summed E-state index contributed by atoms with van der Waals surface area (Å²) in [6.45, 7) is 3.49. The van der Waals surface area contributed by atoms with Crippen LogP contribution in [0.1, 0.15) is 25.1 Å². The lowest BCUT2D eigenvalue weighted by molar-refractivity contribution is -0.138. The van der Waals surface area contributed by atoms with Crippen LogP contribution in [-0.2, 0) is 9.53 Å². The van der Waals surface area contributed by atoms with Crippen LogP contribution in [0.2, 0.25) is 5.02 Å². The van der Waals surface area contributed by atoms with Gasteiger partial charge in [-0.2, -0.15) is 0 Å². The van der Waals surface area contributed by atoms with Gasteiger partial charge in [0, 0.05) is 35.9 Å². The van der Waals surface area contributed by atoms with Gasteiger partial charge in [0.25, 0.3) is 0 Å². The molecule has 1 amide bonds. The molecule has 1 atom stereocenters. The van der Waals surface area contributed by atoms with Crippen molar-refractivity contribution >= 4 is 17.5 Å². The van der Waals surface area contributed by atoms with E-state index in [1.165, 1.54) is 0 Å². The van der Waals surface area contributed by atoms with Gasteiger partial charge in [0.15, 0.2) is 0 Å². The summed E-state index contributed by atoms with van der Waals surface area (Å²) >= 11 is 6.08. The summed E-state index contributed by atoms with van der Waals surface area (Å²) in [5, 5.41) is 0.645. The molecule has 120 valence electrons. The number of carbonyl (C=O) groups is 1. The third kappa shape index (κ3) is 3.51. The van der Waals surface area contributed by atoms with E-state index in [1.54, 1.807) is 12.4 Å². The molecule has 3 rings (SSSR count). The molecular formula is C17H18ClN3O2. The fourth-order valence-electron chi connectivity index (χ4n) is 2.71. The summed E-state index contributed by atoms with van der Waals surface area (Å²) < 4.78 is 5.85. The highest BCUT2D eigenvalue weighted by Crippen LogP contribution is 2.30. The summed E-state index contributed by atoms with van der Waals surface area (Å²) in [6.07, 6.45) is 3.51. The van der Waals surface area contributed by atoms with E-state index in [0.717, 1.165) is 17.0 Å². The van der Waals surface area contributed by atoms with Gasteiger partial charge >= 0.3 is 0 Å². The lowest BCUT2D eigenvalue weighted by atomic mass is 10.1. The minimum atomic E-state index is -0.276. The molecule has 0 unspecified atom stereocenters. The number of morpholine rings is 1. The summed E-state index contributed by atoms with van der Waals surface area (Å²) in [6, 6.07) is 7.49. The van der Waals surface area contributed by atoms with E-state index in [1.807, 2.05) is 36.1 Å². The highest BCUT2D eigenvalue weighted by atomic mass is 35.5. The van der Waals surface area contributed by atoms with Crippen LogP contribution in [0.5, 0.6) is 0 Å². The van der Waals surface area contributed by atoms with E-state index in [4.69, 9.17) is 16.3 Å². The first-order valence-electron chi connectivity index (χ1n) is 7.65. The van der Waals surface area contributed by atoms with E-state index in [2.05, 4.69) is 9.97 Å². The molecule has 0 radical (unpaired) electrons. The van der Waals surface area contributed by atoms with Crippen molar-refractivity contribution in [1.82, 2.24) is 14.9 Å². The number of hydrogen-bond donors (Lipinski definition) is 0. The van der Waals surface area contributed by atoms with Crippen molar-refractivity contribution in [3.8, 4) is 11.3 Å². The molecule has 2 aromatic rings. The van der Waals surface area contributed by atoms with Crippen molar-refractivity contribution in [1.29, 1.82) is 0 Å². The number of amides is 1. The molecule has 1 saturated heterocycles. The Bertz CT molecular complexity index is 708. The Morgan fingerprint density at radius 2 is 2.22 bits per heavy atom. The zero-order valence-electron chi connectivity index (χ0n) is 12.9. The number of aromatic nitrogens is 2. The number of nitrogens with zero attached hydrogens (tertiary/aromatic N) is 3. The quantitative estimate of drug-likeness (QED) is 0.867. The van der Waals surface area contributed by atoms with Crippen molar-refractivity contribution in [3.05, 3.63) is 47.4 Å². The molecule has 2 heterocycles. The Kier molecular flexibility index (Phi) is 4.88. The molecule has 0 spiro atoms. The van der Waals surface area contributed by atoms with E-state index < -0.39 is 0 Å². The number of halogens is 1. The van der Waals surface area contributed by atoms with E-state index in [0.29, 0.717) is 31.1 Å². The van der Waals surface area contributed by atoms with Crippen molar-refractivity contribution in [2.75, 3.05) is 19.7 Å². The first-order valence-corrected chi connectivity index (χ1v) is 8.03. The minimum absolute atomic E-state index is 0.131. The van der Waals surface area contributed by atoms with Crippen LogP contribution in [0.25, 0.3) is 11.3 Å². The normalized spacial score (nSPS) is 18.0. The molecule has 0 N–H and O–H groups in total. The maximum atomic E-state index is 12.0. The predicted octanol–water partition coefficient (Wildman–Crippen LogP) is 3.11. The second-order valence-corrected chi connectivity index (χ2v) is 5.79. The number of carbonyl (C=O) groups excluding carboxylic acids is 1. The van der Waals surface area contributed by atoms with Gasteiger partial charge in [0.05, 0.1) is 24.5 Å². The molecule has 0 aliphatic carbocycles. The smallest absolute Gasteiger partial charge is 0.222 e. The predicted molar refractivity (Wildman–Crippen MR) is 88.0 cm³/mol. The second-order valence-electron chi connectivity index (χ2n) is 5.35. The molecule has 5 nitrogen and oxygen atoms in total. The van der Waals surface area contributed by atoms with Crippen LogP contribution < -0.4 is 0 Å². The molecule has 0 saturated carbocycles. The van der Waals surface area contributed by atoms with Crippen molar-refractivity contribution in [3.63, 3.8) is 0 Å². The molecule has 1 aliphatic heterocycles. The van der Waals surface area contributed by atoms with Crippen LogP contribution in [0.3, 0.4) is 0 Å². The summed E-state index contributed by atoms with van der Waals surface area (Å²) in [5.41, 5.74) is 2.37. The van der Waals surface area contributed by atoms with Crippen LogP contribution in [0.15, 0.2) is 36.7 Å². The minimum Gasteiger partial charge on any atom is -0.368 e. The maximum Gasteiger partial charge on any atom is 0.222 e. The molecule has 1 aliphatic rings. The summed E-state index contributed by atoms with van der Waals surface area (Å²) in [4.78, 5) is 22.7. The lowest BCUT2D eigenvalue weighted by Gasteiger charge is -2.33. The average Bonchev–Trinajstić information content (AvgIpc) is 2.61. The number of benzene rings is 1. The first-order chi connectivity index (χ1) is 11.2. The monoisotopic (exact) mass is 331 g/mol. The Balaban J connectivity index is 1.93. The maximum absolute atomic E-state index is 12.0. The molecule has 1 aromatic carbocycles. The standard InChI is InChI=1S/C17H18ClN3O2/c1-2-15(22)21-8-9-23-14(11-21)17-16(19-6-7-20-17)12-4-3-5-13(18)10-12/h3-7,10,14H,2,8-9,11H2,1H3/t14-/m1/s1. The summed E-state index contributed by atoms with van der Waals surface area (Å²) in [7, 11) is 0. The lowest BCUT2D eigenvalue weighted by Crippen LogP contribution is -2.42. The Morgan fingerprint density at radius 1 is 1.39 bits per heavy atom. The van der Waals surface area contributed by atoms with Gasteiger partial charge in [0.2, 0.25) is 5.91 Å². The van der Waals surface area contributed by atoms with Gasteiger partial charge in [0.1, 0.15) is 6.10 Å². The highest BCUT2D eigenvalue weighted by molar-refractivity contribution is 6.30. The van der Waals surface area contributed by atoms with Gasteiger partial charge in [-0.25, -0.2) is 0 Å². The Hall–Kier alpha value is -1.98. The number of ether oxygens (including phenoxy) is 1. The SMILES string of the molecule is CCC(=O)N1CCO[C@@H](c2nccnc2-c2cccc(Cl)c2)C1. The van der Waals surface area contributed by atoms with E-state index in [-0.39, 0.29) is 12.0 Å². The molecule has 1 fully saturated rings. The molecule has 1 aromatic heterocycles. The highest BCUT2D eigenvalue weighted by Gasteiger charge is 2.28. The van der Waals surface area contributed by atoms with Gasteiger partial charge in [-0.1, -0.05) is 30.7 Å². The topological polar surface area (TPSA) is 55.3 Å². The first kappa shape index (κ1) is 15.9. The zero-order valence-corrected chi connectivity index (χ0v) is 13.7. The van der Waals surface area contributed by atoms with Crippen LogP contribution in [0.4, 0.5) is 0 Å². The van der Waals surface area contributed by atoms with Gasteiger partial charge in [-0.15, -0.1) is 0 Å². The second kappa shape index (κ2) is 7.06. The summed E-state index contributed by atoms with van der Waals surface area (Å²) in [5.74, 6) is 0.131. The third-order valence-electron chi connectivity index (χ3n) is 3.85. The molecule has 6 heteroatoms. The number of rotatable bonds is 3. The van der Waals surface area contributed by atoms with Gasteiger partial charge in [-0.05, 0) is 12.1 Å². The number of hydrogen-bond acceptors (Lipinski definition) is 4. The van der Waals surface area contributed by atoms with Crippen molar-refractivity contribution < 1.29 is 9.53 Å². The zero-order chi connectivity index (χ0) is 16.2. The van der Waals surface area contributed by atoms with Gasteiger partial charge in [-0.3, -0.25) is 14.8 Å². The Labute approximate surface area is 140 Å². The third-order valence-corrected chi connectivity index (χ3v) is 4.09. The van der Waals surface area contributed by atoms with Crippen LogP contribution in [-0.4, -0.2) is 40.5 Å². The fraction of sp³-hybridized carbons (Fsp3) is 0.353. The average molecular weight is 332 g/mol. The van der Waals surface area contributed by atoms with Crippen molar-refractivity contribution in [2.45, 2.75) is 19.4 Å². The van der Waals surface area contributed by atoms with Gasteiger partial charge < -0.3 is 9.64 Å². The fourth-order valence-corrected chi connectivity index (χ4v) is 2.90.